The van der Waals surface area contributed by atoms with Gasteiger partial charge >= 0.3 is 0 Å². The van der Waals surface area contributed by atoms with Gasteiger partial charge in [-0.1, -0.05) is 44.2 Å². The smallest absolute Gasteiger partial charge is 0.251 e. The normalized spacial score (nSPS) is 23.4. The molecule has 4 rings (SSSR count). The fourth-order valence-electron chi connectivity index (χ4n) is 3.53. The maximum atomic E-state index is 12.0. The number of rotatable bonds is 6. The van der Waals surface area contributed by atoms with E-state index >= 15 is 0 Å². The Labute approximate surface area is 179 Å². The summed E-state index contributed by atoms with van der Waals surface area (Å²) in [4.78, 5) is 25.7. The summed E-state index contributed by atoms with van der Waals surface area (Å²) in [5.41, 5.74) is 2.04. The molecule has 4 N–H and O–H groups in total. The third-order valence-electron chi connectivity index (χ3n) is 5.28. The summed E-state index contributed by atoms with van der Waals surface area (Å²) in [6, 6.07) is 9.91. The van der Waals surface area contributed by atoms with E-state index in [1.165, 1.54) is 17.9 Å². The van der Waals surface area contributed by atoms with Crippen molar-refractivity contribution in [3.63, 3.8) is 0 Å². The van der Waals surface area contributed by atoms with Gasteiger partial charge in [-0.05, 0) is 5.56 Å². The van der Waals surface area contributed by atoms with Crippen LogP contribution in [0.15, 0.2) is 36.7 Å². The number of nitrogens with one attached hydrogen (secondary N) is 2. The summed E-state index contributed by atoms with van der Waals surface area (Å²) < 4.78 is 7.23. The molecule has 0 saturated carbocycles. The summed E-state index contributed by atoms with van der Waals surface area (Å²) in [6.45, 7) is 4.52. The minimum absolute atomic E-state index is 0.0450. The van der Waals surface area contributed by atoms with E-state index in [1.807, 2.05) is 44.2 Å². The minimum Gasteiger partial charge on any atom is -0.387 e. The van der Waals surface area contributed by atoms with Crippen LogP contribution in [-0.4, -0.2) is 61.0 Å². The first-order valence-electron chi connectivity index (χ1n) is 10.2. The summed E-state index contributed by atoms with van der Waals surface area (Å²) in [7, 11) is 1.44. The topological polar surface area (TPSA) is 134 Å². The number of amides is 1. The first kappa shape index (κ1) is 21.2. The quantitative estimate of drug-likeness (QED) is 0.457. The summed E-state index contributed by atoms with van der Waals surface area (Å²) in [5.74, 6) is 0.692. The fourth-order valence-corrected chi connectivity index (χ4v) is 3.53. The zero-order chi connectivity index (χ0) is 22.1. The van der Waals surface area contributed by atoms with E-state index in [4.69, 9.17) is 4.74 Å². The molecule has 1 aliphatic heterocycles. The molecule has 0 spiro atoms. The Hall–Kier alpha value is -3.08. The Balaban J connectivity index is 1.71. The van der Waals surface area contributed by atoms with E-state index in [0.717, 1.165) is 5.56 Å². The van der Waals surface area contributed by atoms with Crippen LogP contribution in [0.2, 0.25) is 0 Å². The van der Waals surface area contributed by atoms with Crippen LogP contribution in [-0.2, 0) is 16.1 Å². The number of benzene rings is 1. The van der Waals surface area contributed by atoms with Crippen molar-refractivity contribution in [2.45, 2.75) is 50.8 Å². The van der Waals surface area contributed by atoms with Gasteiger partial charge in [0, 0.05) is 19.5 Å². The van der Waals surface area contributed by atoms with E-state index in [-0.39, 0.29) is 5.92 Å². The van der Waals surface area contributed by atoms with Gasteiger partial charge < -0.3 is 25.6 Å². The van der Waals surface area contributed by atoms with Gasteiger partial charge in [0.2, 0.25) is 0 Å². The van der Waals surface area contributed by atoms with Crippen LogP contribution >= 0.6 is 0 Å². The Morgan fingerprint density at radius 2 is 1.94 bits per heavy atom. The molecule has 4 atom stereocenters. The second-order valence-electron chi connectivity index (χ2n) is 7.79. The molecule has 0 bridgehead atoms. The van der Waals surface area contributed by atoms with E-state index < -0.39 is 30.4 Å². The molecular weight excluding hydrogens is 400 g/mol. The van der Waals surface area contributed by atoms with Gasteiger partial charge in [0.1, 0.15) is 18.0 Å². The molecule has 1 aromatic carbocycles. The molecule has 0 radical (unpaired) electrons. The summed E-state index contributed by atoms with van der Waals surface area (Å²) in [5, 5.41) is 26.6. The van der Waals surface area contributed by atoms with Crippen LogP contribution in [0.4, 0.5) is 5.82 Å². The Morgan fingerprint density at radius 3 is 2.61 bits per heavy atom. The van der Waals surface area contributed by atoms with Crippen molar-refractivity contribution < 1.29 is 19.7 Å². The molecular formula is C21H26N6O4. The molecule has 1 amide bonds. The Morgan fingerprint density at radius 1 is 1.19 bits per heavy atom. The zero-order valence-corrected chi connectivity index (χ0v) is 17.6. The number of nitrogens with zero attached hydrogens (tertiary/aromatic N) is 4. The number of anilines is 1. The van der Waals surface area contributed by atoms with Crippen molar-refractivity contribution in [2.24, 2.45) is 0 Å². The SMILES string of the molecule is CNC(=O)C1OC(n2cnc3c(NCc4ccccc4)nc(C(C)C)nc32)C(O)C1O. The van der Waals surface area contributed by atoms with Gasteiger partial charge in [0.15, 0.2) is 29.3 Å². The molecule has 10 heteroatoms. The fraction of sp³-hybridized carbons (Fsp3) is 0.429. The van der Waals surface area contributed by atoms with Gasteiger partial charge in [0.05, 0.1) is 6.33 Å². The average molecular weight is 426 g/mol. The Bertz CT molecular complexity index is 1070. The first-order valence-corrected chi connectivity index (χ1v) is 10.2. The number of likely N-dealkylation sites (N-methyl/N-ethyl adjacent to an activating group) is 1. The molecule has 0 aliphatic carbocycles. The highest BCUT2D eigenvalue weighted by Crippen LogP contribution is 2.33. The lowest BCUT2D eigenvalue weighted by atomic mass is 10.1. The molecule has 3 aromatic rings. The van der Waals surface area contributed by atoms with Crippen molar-refractivity contribution >= 4 is 22.9 Å². The van der Waals surface area contributed by atoms with Crippen molar-refractivity contribution in [3.05, 3.63) is 48.0 Å². The predicted octanol–water partition coefficient (Wildman–Crippen LogP) is 0.927. The molecule has 3 heterocycles. The lowest BCUT2D eigenvalue weighted by Gasteiger charge is -2.17. The molecule has 1 saturated heterocycles. The minimum atomic E-state index is -1.37. The van der Waals surface area contributed by atoms with Crippen LogP contribution in [0, 0.1) is 0 Å². The second-order valence-corrected chi connectivity index (χ2v) is 7.79. The van der Waals surface area contributed by atoms with Crippen LogP contribution in [0.1, 0.15) is 37.4 Å². The van der Waals surface area contributed by atoms with Crippen LogP contribution in [0.3, 0.4) is 0 Å². The third-order valence-corrected chi connectivity index (χ3v) is 5.28. The van der Waals surface area contributed by atoms with E-state index in [9.17, 15) is 15.0 Å². The van der Waals surface area contributed by atoms with Crippen molar-refractivity contribution in [2.75, 3.05) is 12.4 Å². The number of hydrogen-bond acceptors (Lipinski definition) is 8. The van der Waals surface area contributed by atoms with Crippen molar-refractivity contribution in [1.29, 1.82) is 0 Å². The third kappa shape index (κ3) is 3.97. The maximum Gasteiger partial charge on any atom is 0.251 e. The average Bonchev–Trinajstić information content (AvgIpc) is 3.33. The van der Waals surface area contributed by atoms with Crippen LogP contribution in [0.25, 0.3) is 11.2 Å². The van der Waals surface area contributed by atoms with Gasteiger partial charge in [-0.15, -0.1) is 0 Å². The Kier molecular flexibility index (Phi) is 5.86. The number of imidazole rings is 1. The number of hydrogen-bond donors (Lipinski definition) is 4. The molecule has 164 valence electrons. The molecule has 1 aliphatic rings. The first-order chi connectivity index (χ1) is 14.9. The van der Waals surface area contributed by atoms with E-state index in [0.29, 0.717) is 29.4 Å². The number of aliphatic hydroxyl groups excluding tert-OH is 2. The standard InChI is InChI=1S/C21H26N6O4/c1-11(2)17-25-18(23-9-12-7-5-4-6-8-12)13-19(26-17)27(10-24-13)21-15(29)14(28)16(31-21)20(30)22-3/h4-8,10-11,14-16,21,28-29H,9H2,1-3H3,(H,22,30)(H,23,25,26). The molecule has 2 aromatic heterocycles. The summed E-state index contributed by atoms with van der Waals surface area (Å²) in [6.07, 6.45) is -3.42. The van der Waals surface area contributed by atoms with Gasteiger partial charge in [-0.3, -0.25) is 9.36 Å². The van der Waals surface area contributed by atoms with E-state index in [1.54, 1.807) is 0 Å². The van der Waals surface area contributed by atoms with Crippen LogP contribution < -0.4 is 10.6 Å². The van der Waals surface area contributed by atoms with Gasteiger partial charge in [0.25, 0.3) is 5.91 Å². The number of carbonyl (C=O) groups excluding carboxylic acids is 1. The number of aliphatic hydroxyl groups is 2. The number of ether oxygens (including phenoxy) is 1. The predicted molar refractivity (Wildman–Crippen MR) is 113 cm³/mol. The van der Waals surface area contributed by atoms with E-state index in [2.05, 4.69) is 25.6 Å². The van der Waals surface area contributed by atoms with Crippen LogP contribution in [0.5, 0.6) is 0 Å². The molecule has 31 heavy (non-hydrogen) atoms. The number of carbonyl (C=O) groups is 1. The molecule has 1 fully saturated rings. The van der Waals surface area contributed by atoms with Gasteiger partial charge in [-0.25, -0.2) is 15.0 Å². The zero-order valence-electron chi connectivity index (χ0n) is 17.6. The lowest BCUT2D eigenvalue weighted by Crippen LogP contribution is -2.41. The molecule has 10 nitrogen and oxygen atoms in total. The highest BCUT2D eigenvalue weighted by molar-refractivity contribution is 5.83. The second kappa shape index (κ2) is 8.58. The lowest BCUT2D eigenvalue weighted by molar-refractivity contribution is -0.137. The maximum absolute atomic E-state index is 12.0. The van der Waals surface area contributed by atoms with Crippen molar-refractivity contribution in [3.8, 4) is 0 Å². The monoisotopic (exact) mass is 426 g/mol. The summed E-state index contributed by atoms with van der Waals surface area (Å²) >= 11 is 0. The van der Waals surface area contributed by atoms with Crippen molar-refractivity contribution in [1.82, 2.24) is 24.8 Å². The largest absolute Gasteiger partial charge is 0.387 e. The highest BCUT2D eigenvalue weighted by atomic mass is 16.6. The molecule has 4 unspecified atom stereocenters. The highest BCUT2D eigenvalue weighted by Gasteiger charge is 2.47. The number of fused-ring (bicyclic) bond motifs is 1. The number of aromatic nitrogens is 4. The van der Waals surface area contributed by atoms with Gasteiger partial charge in [-0.2, -0.15) is 0 Å².